The molecule has 1 aliphatic carbocycles. The van der Waals surface area contributed by atoms with Crippen molar-refractivity contribution in [3.8, 4) is 0 Å². The van der Waals surface area contributed by atoms with Crippen molar-refractivity contribution >= 4 is 0 Å². The first-order valence-electron chi connectivity index (χ1n) is 6.01. The van der Waals surface area contributed by atoms with Gasteiger partial charge in [0.05, 0.1) is 6.20 Å². The fraction of sp³-hybridized carbons (Fsp3) is 0.750. The molecule has 1 aliphatic rings. The zero-order valence-corrected chi connectivity index (χ0v) is 9.74. The standard InChI is InChI=1S/C12H21N3/c1-3-15-9-11(8-14-15)7-13-6-10(2)12-4-5-12/h8-10,12-13H,3-7H2,1-2H3. The molecule has 84 valence electrons. The van der Waals surface area contributed by atoms with Gasteiger partial charge in [-0.2, -0.15) is 5.10 Å². The molecule has 1 aromatic rings. The van der Waals surface area contributed by atoms with Crippen LogP contribution < -0.4 is 5.32 Å². The fourth-order valence-corrected chi connectivity index (χ4v) is 1.95. The van der Waals surface area contributed by atoms with Crippen LogP contribution >= 0.6 is 0 Å². The molecule has 1 heterocycles. The Morgan fingerprint density at radius 3 is 3.00 bits per heavy atom. The van der Waals surface area contributed by atoms with E-state index in [9.17, 15) is 0 Å². The molecule has 2 rings (SSSR count). The average molecular weight is 207 g/mol. The Morgan fingerprint density at radius 2 is 2.40 bits per heavy atom. The molecule has 1 atom stereocenters. The third kappa shape index (κ3) is 3.06. The maximum absolute atomic E-state index is 4.26. The Morgan fingerprint density at radius 1 is 1.60 bits per heavy atom. The van der Waals surface area contributed by atoms with Gasteiger partial charge in [0.15, 0.2) is 0 Å². The minimum Gasteiger partial charge on any atom is -0.312 e. The number of aryl methyl sites for hydroxylation is 1. The van der Waals surface area contributed by atoms with Gasteiger partial charge >= 0.3 is 0 Å². The largest absolute Gasteiger partial charge is 0.312 e. The van der Waals surface area contributed by atoms with Crippen LogP contribution in [0.5, 0.6) is 0 Å². The van der Waals surface area contributed by atoms with Gasteiger partial charge in [-0.15, -0.1) is 0 Å². The van der Waals surface area contributed by atoms with E-state index in [-0.39, 0.29) is 0 Å². The third-order valence-corrected chi connectivity index (χ3v) is 3.23. The highest BCUT2D eigenvalue weighted by Crippen LogP contribution is 2.36. The molecule has 1 aromatic heterocycles. The minimum atomic E-state index is 0.839. The molecule has 15 heavy (non-hydrogen) atoms. The summed E-state index contributed by atoms with van der Waals surface area (Å²) >= 11 is 0. The molecule has 1 saturated carbocycles. The van der Waals surface area contributed by atoms with E-state index in [2.05, 4.69) is 30.5 Å². The summed E-state index contributed by atoms with van der Waals surface area (Å²) in [5.74, 6) is 1.84. The maximum atomic E-state index is 4.26. The van der Waals surface area contributed by atoms with Crippen molar-refractivity contribution in [2.24, 2.45) is 11.8 Å². The SMILES string of the molecule is CCn1cc(CNCC(C)C2CC2)cn1. The van der Waals surface area contributed by atoms with Crippen LogP contribution in [0.2, 0.25) is 0 Å². The van der Waals surface area contributed by atoms with E-state index in [0.717, 1.165) is 31.5 Å². The lowest BCUT2D eigenvalue weighted by Gasteiger charge is -2.10. The van der Waals surface area contributed by atoms with Crippen LogP contribution in [-0.4, -0.2) is 16.3 Å². The van der Waals surface area contributed by atoms with Crippen molar-refractivity contribution < 1.29 is 0 Å². The van der Waals surface area contributed by atoms with Gasteiger partial charge in [0, 0.05) is 24.8 Å². The number of aromatic nitrogens is 2. The summed E-state index contributed by atoms with van der Waals surface area (Å²) in [6.07, 6.45) is 6.96. The van der Waals surface area contributed by atoms with Gasteiger partial charge in [-0.25, -0.2) is 0 Å². The second kappa shape index (κ2) is 4.79. The highest BCUT2D eigenvalue weighted by Gasteiger charge is 2.27. The summed E-state index contributed by atoms with van der Waals surface area (Å²) < 4.78 is 1.97. The second-order valence-corrected chi connectivity index (χ2v) is 4.65. The molecular weight excluding hydrogens is 186 g/mol. The Bertz CT molecular complexity index is 302. The topological polar surface area (TPSA) is 29.9 Å². The smallest absolute Gasteiger partial charge is 0.0534 e. The summed E-state index contributed by atoms with van der Waals surface area (Å²) in [7, 11) is 0. The molecule has 1 fully saturated rings. The zero-order valence-electron chi connectivity index (χ0n) is 9.74. The molecule has 0 aromatic carbocycles. The highest BCUT2D eigenvalue weighted by atomic mass is 15.3. The van der Waals surface area contributed by atoms with Crippen LogP contribution in [0, 0.1) is 11.8 Å². The normalized spacial score (nSPS) is 18.0. The molecule has 1 N–H and O–H groups in total. The molecule has 0 bridgehead atoms. The highest BCUT2D eigenvalue weighted by molar-refractivity contribution is 5.03. The number of rotatable bonds is 6. The van der Waals surface area contributed by atoms with E-state index in [4.69, 9.17) is 0 Å². The van der Waals surface area contributed by atoms with E-state index in [0.29, 0.717) is 0 Å². The summed E-state index contributed by atoms with van der Waals surface area (Å²) in [4.78, 5) is 0. The summed E-state index contributed by atoms with van der Waals surface area (Å²) in [6, 6.07) is 0. The van der Waals surface area contributed by atoms with E-state index in [1.165, 1.54) is 18.4 Å². The van der Waals surface area contributed by atoms with Gasteiger partial charge < -0.3 is 5.32 Å². The molecule has 0 radical (unpaired) electrons. The Balaban J connectivity index is 1.68. The third-order valence-electron chi connectivity index (χ3n) is 3.23. The molecule has 3 heteroatoms. The first kappa shape index (κ1) is 10.7. The van der Waals surface area contributed by atoms with Crippen molar-refractivity contribution in [3.05, 3.63) is 18.0 Å². The quantitative estimate of drug-likeness (QED) is 0.773. The van der Waals surface area contributed by atoms with E-state index >= 15 is 0 Å². The number of nitrogens with zero attached hydrogens (tertiary/aromatic N) is 2. The Labute approximate surface area is 91.9 Å². The number of hydrogen-bond donors (Lipinski definition) is 1. The summed E-state index contributed by atoms with van der Waals surface area (Å²) in [5.41, 5.74) is 1.29. The van der Waals surface area contributed by atoms with Gasteiger partial charge in [-0.1, -0.05) is 6.92 Å². The van der Waals surface area contributed by atoms with Gasteiger partial charge in [0.2, 0.25) is 0 Å². The van der Waals surface area contributed by atoms with Crippen molar-refractivity contribution in [1.29, 1.82) is 0 Å². The minimum absolute atomic E-state index is 0.839. The monoisotopic (exact) mass is 207 g/mol. The lowest BCUT2D eigenvalue weighted by molar-refractivity contribution is 0.461. The predicted molar refractivity (Wildman–Crippen MR) is 61.5 cm³/mol. The average Bonchev–Trinajstić information content (AvgIpc) is 2.99. The van der Waals surface area contributed by atoms with Gasteiger partial charge in [0.1, 0.15) is 0 Å². The van der Waals surface area contributed by atoms with Crippen LogP contribution in [-0.2, 0) is 13.1 Å². The number of nitrogens with one attached hydrogen (secondary N) is 1. The van der Waals surface area contributed by atoms with Crippen LogP contribution in [0.4, 0.5) is 0 Å². The molecule has 0 aliphatic heterocycles. The first-order chi connectivity index (χ1) is 7.29. The molecule has 0 amide bonds. The van der Waals surface area contributed by atoms with E-state index in [1.54, 1.807) is 0 Å². The van der Waals surface area contributed by atoms with Crippen molar-refractivity contribution in [2.45, 2.75) is 39.8 Å². The molecule has 0 spiro atoms. The molecule has 1 unspecified atom stereocenters. The van der Waals surface area contributed by atoms with Gasteiger partial charge in [-0.3, -0.25) is 4.68 Å². The molecule has 0 saturated heterocycles. The maximum Gasteiger partial charge on any atom is 0.0534 e. The van der Waals surface area contributed by atoms with Crippen LogP contribution in [0.25, 0.3) is 0 Å². The Kier molecular flexibility index (Phi) is 3.41. The van der Waals surface area contributed by atoms with Crippen LogP contribution in [0.1, 0.15) is 32.3 Å². The van der Waals surface area contributed by atoms with E-state index < -0.39 is 0 Å². The Hall–Kier alpha value is -0.830. The first-order valence-corrected chi connectivity index (χ1v) is 6.01. The predicted octanol–water partition coefficient (Wildman–Crippen LogP) is 2.04. The number of hydrogen-bond acceptors (Lipinski definition) is 2. The molecular formula is C12H21N3. The van der Waals surface area contributed by atoms with Crippen molar-refractivity contribution in [3.63, 3.8) is 0 Å². The van der Waals surface area contributed by atoms with Crippen molar-refractivity contribution in [2.75, 3.05) is 6.54 Å². The van der Waals surface area contributed by atoms with Crippen molar-refractivity contribution in [1.82, 2.24) is 15.1 Å². The van der Waals surface area contributed by atoms with Gasteiger partial charge in [-0.05, 0) is 38.1 Å². The van der Waals surface area contributed by atoms with Crippen LogP contribution in [0.3, 0.4) is 0 Å². The lowest BCUT2D eigenvalue weighted by Crippen LogP contribution is -2.21. The lowest BCUT2D eigenvalue weighted by atomic mass is 10.1. The molecule has 3 nitrogen and oxygen atoms in total. The summed E-state index contributed by atoms with van der Waals surface area (Å²) in [5, 5.41) is 7.76. The zero-order chi connectivity index (χ0) is 10.7. The fourth-order valence-electron chi connectivity index (χ4n) is 1.95. The van der Waals surface area contributed by atoms with E-state index in [1.807, 2.05) is 10.9 Å². The van der Waals surface area contributed by atoms with Gasteiger partial charge in [0.25, 0.3) is 0 Å². The second-order valence-electron chi connectivity index (χ2n) is 4.65. The summed E-state index contributed by atoms with van der Waals surface area (Å²) in [6.45, 7) is 7.51. The van der Waals surface area contributed by atoms with Crippen LogP contribution in [0.15, 0.2) is 12.4 Å².